The van der Waals surface area contributed by atoms with E-state index < -0.39 is 0 Å². The maximum absolute atomic E-state index is 5.89. The summed E-state index contributed by atoms with van der Waals surface area (Å²) in [4.78, 5) is 0. The molecule has 0 spiro atoms. The Morgan fingerprint density at radius 1 is 1.50 bits per heavy atom. The van der Waals surface area contributed by atoms with Crippen molar-refractivity contribution in [1.82, 2.24) is 9.78 Å². The topological polar surface area (TPSA) is 53.1 Å². The van der Waals surface area contributed by atoms with Gasteiger partial charge < -0.3 is 10.5 Å². The molecule has 1 heterocycles. The van der Waals surface area contributed by atoms with Gasteiger partial charge in [0.25, 0.3) is 0 Å². The van der Waals surface area contributed by atoms with Gasteiger partial charge in [-0.15, -0.1) is 0 Å². The summed E-state index contributed by atoms with van der Waals surface area (Å²) >= 11 is 9.30. The van der Waals surface area contributed by atoms with Gasteiger partial charge in [-0.1, -0.05) is 11.6 Å². The highest BCUT2D eigenvalue weighted by molar-refractivity contribution is 9.10. The summed E-state index contributed by atoms with van der Waals surface area (Å²) in [6, 6.07) is 5.35. The van der Waals surface area contributed by atoms with Gasteiger partial charge in [0.15, 0.2) is 0 Å². The maximum Gasteiger partial charge on any atom is 0.222 e. The molecular weight excluding hydrogens is 318 g/mol. The number of halogens is 2. The highest BCUT2D eigenvalue weighted by Crippen LogP contribution is 2.33. The third-order valence-electron chi connectivity index (χ3n) is 2.59. The van der Waals surface area contributed by atoms with Crippen molar-refractivity contribution in [3.05, 3.63) is 39.0 Å². The zero-order valence-electron chi connectivity index (χ0n) is 10.1. The van der Waals surface area contributed by atoms with Crippen LogP contribution >= 0.6 is 27.5 Å². The highest BCUT2D eigenvalue weighted by atomic mass is 79.9. The molecule has 2 N–H and O–H groups in total. The molecule has 18 heavy (non-hydrogen) atoms. The fourth-order valence-electron chi connectivity index (χ4n) is 1.71. The molecule has 0 aliphatic heterocycles. The summed E-state index contributed by atoms with van der Waals surface area (Å²) in [5.74, 6) is 1.33. The number of ether oxygens (including phenoxy) is 1. The molecular formula is C12H13BrClN3O. The molecule has 96 valence electrons. The Morgan fingerprint density at radius 2 is 2.22 bits per heavy atom. The van der Waals surface area contributed by atoms with Crippen molar-refractivity contribution in [2.45, 2.75) is 13.5 Å². The van der Waals surface area contributed by atoms with E-state index in [4.69, 9.17) is 22.1 Å². The van der Waals surface area contributed by atoms with E-state index in [9.17, 15) is 0 Å². The van der Waals surface area contributed by atoms with E-state index in [1.165, 1.54) is 0 Å². The first-order valence-corrected chi connectivity index (χ1v) is 6.55. The summed E-state index contributed by atoms with van der Waals surface area (Å²) in [6.45, 7) is 2.30. The molecule has 0 aliphatic carbocycles. The van der Waals surface area contributed by atoms with Crippen LogP contribution in [0.1, 0.15) is 11.3 Å². The molecule has 4 nitrogen and oxygen atoms in total. The van der Waals surface area contributed by atoms with Gasteiger partial charge in [-0.25, -0.2) is 4.68 Å². The van der Waals surface area contributed by atoms with Crippen molar-refractivity contribution in [2.24, 2.45) is 12.8 Å². The first-order chi connectivity index (χ1) is 8.52. The van der Waals surface area contributed by atoms with Gasteiger partial charge in [0.05, 0.1) is 15.7 Å². The smallest absolute Gasteiger partial charge is 0.222 e. The van der Waals surface area contributed by atoms with Crippen LogP contribution in [0.3, 0.4) is 0 Å². The zero-order valence-corrected chi connectivity index (χ0v) is 12.4. The number of aromatic nitrogens is 2. The molecule has 0 aliphatic rings. The number of hydrogen-bond donors (Lipinski definition) is 1. The molecule has 0 unspecified atom stereocenters. The van der Waals surface area contributed by atoms with Gasteiger partial charge >= 0.3 is 0 Å². The van der Waals surface area contributed by atoms with Crippen molar-refractivity contribution < 1.29 is 4.74 Å². The van der Waals surface area contributed by atoms with Gasteiger partial charge in [-0.3, -0.25) is 0 Å². The first-order valence-electron chi connectivity index (χ1n) is 5.38. The summed E-state index contributed by atoms with van der Waals surface area (Å²) in [5.41, 5.74) is 7.49. The Kier molecular flexibility index (Phi) is 3.94. The number of nitrogens with zero attached hydrogens (tertiary/aromatic N) is 2. The molecule has 2 aromatic rings. The molecule has 1 aromatic carbocycles. The van der Waals surface area contributed by atoms with E-state index in [0.717, 1.165) is 15.7 Å². The fourth-order valence-corrected chi connectivity index (χ4v) is 2.47. The molecule has 0 fully saturated rings. The van der Waals surface area contributed by atoms with Crippen molar-refractivity contribution in [3.63, 3.8) is 0 Å². The third-order valence-corrected chi connectivity index (χ3v) is 3.45. The fraction of sp³-hybridized carbons (Fsp3) is 0.250. The van der Waals surface area contributed by atoms with Gasteiger partial charge in [-0.05, 0) is 41.1 Å². The second kappa shape index (κ2) is 5.30. The summed E-state index contributed by atoms with van der Waals surface area (Å²) < 4.78 is 8.32. The van der Waals surface area contributed by atoms with Crippen molar-refractivity contribution in [3.8, 4) is 11.6 Å². The maximum atomic E-state index is 5.89. The summed E-state index contributed by atoms with van der Waals surface area (Å²) in [5, 5.41) is 4.94. The molecule has 1 aromatic heterocycles. The number of benzene rings is 1. The van der Waals surface area contributed by atoms with E-state index in [0.29, 0.717) is 23.2 Å². The Balaban J connectivity index is 2.39. The van der Waals surface area contributed by atoms with Crippen LogP contribution in [0.15, 0.2) is 22.7 Å². The van der Waals surface area contributed by atoms with Crippen molar-refractivity contribution in [2.75, 3.05) is 0 Å². The lowest BCUT2D eigenvalue weighted by Gasteiger charge is -2.09. The van der Waals surface area contributed by atoms with Crippen LogP contribution < -0.4 is 10.5 Å². The Bertz CT molecular complexity index is 583. The van der Waals surface area contributed by atoms with Gasteiger partial charge in [0.2, 0.25) is 5.88 Å². The molecule has 0 bridgehead atoms. The average molecular weight is 331 g/mol. The number of rotatable bonds is 3. The monoisotopic (exact) mass is 329 g/mol. The second-order valence-electron chi connectivity index (χ2n) is 3.87. The minimum Gasteiger partial charge on any atom is -0.438 e. The minimum atomic E-state index is 0.389. The molecule has 2 rings (SSSR count). The molecule has 0 radical (unpaired) electrons. The van der Waals surface area contributed by atoms with Crippen molar-refractivity contribution in [1.29, 1.82) is 0 Å². The zero-order chi connectivity index (χ0) is 13.3. The van der Waals surface area contributed by atoms with E-state index in [2.05, 4.69) is 21.0 Å². The molecule has 0 atom stereocenters. The first kappa shape index (κ1) is 13.4. The van der Waals surface area contributed by atoms with Gasteiger partial charge in [0, 0.05) is 18.6 Å². The normalized spacial score (nSPS) is 10.7. The Hall–Kier alpha value is -1.04. The average Bonchev–Trinajstić information content (AvgIpc) is 2.57. The SMILES string of the molecule is Cc1nn(C)c(Oc2ccc(Cl)cc2Br)c1CN. The Morgan fingerprint density at radius 3 is 2.83 bits per heavy atom. The largest absolute Gasteiger partial charge is 0.438 e. The van der Waals surface area contributed by atoms with Crippen LogP contribution in [0.4, 0.5) is 0 Å². The molecule has 6 heteroatoms. The third kappa shape index (κ3) is 2.53. The van der Waals surface area contributed by atoms with Crippen LogP contribution in [0, 0.1) is 6.92 Å². The standard InChI is InChI=1S/C12H13BrClN3O/c1-7-9(6-15)12(17(2)16-7)18-11-4-3-8(14)5-10(11)13/h3-5H,6,15H2,1-2H3. The van der Waals surface area contributed by atoms with Crippen LogP contribution in [0.5, 0.6) is 11.6 Å². The van der Waals surface area contributed by atoms with E-state index in [1.807, 2.05) is 14.0 Å². The molecule has 0 saturated carbocycles. The number of hydrogen-bond acceptors (Lipinski definition) is 3. The van der Waals surface area contributed by atoms with Crippen LogP contribution in [0.2, 0.25) is 5.02 Å². The second-order valence-corrected chi connectivity index (χ2v) is 5.16. The predicted molar refractivity (Wildman–Crippen MR) is 75.1 cm³/mol. The lowest BCUT2D eigenvalue weighted by Crippen LogP contribution is -2.01. The van der Waals surface area contributed by atoms with Gasteiger partial charge in [-0.2, -0.15) is 5.10 Å². The van der Waals surface area contributed by atoms with Gasteiger partial charge in [0.1, 0.15) is 5.75 Å². The predicted octanol–water partition coefficient (Wildman–Crippen LogP) is 3.40. The number of nitrogens with two attached hydrogens (primary N) is 1. The molecule has 0 saturated heterocycles. The van der Waals surface area contributed by atoms with Crippen LogP contribution in [0.25, 0.3) is 0 Å². The molecule has 0 amide bonds. The van der Waals surface area contributed by atoms with E-state index >= 15 is 0 Å². The summed E-state index contributed by atoms with van der Waals surface area (Å²) in [7, 11) is 1.82. The van der Waals surface area contributed by atoms with E-state index in [-0.39, 0.29) is 0 Å². The van der Waals surface area contributed by atoms with Crippen LogP contribution in [-0.4, -0.2) is 9.78 Å². The van der Waals surface area contributed by atoms with E-state index in [1.54, 1.807) is 22.9 Å². The minimum absolute atomic E-state index is 0.389. The lowest BCUT2D eigenvalue weighted by atomic mass is 10.2. The highest BCUT2D eigenvalue weighted by Gasteiger charge is 2.15. The Labute approximate surface area is 119 Å². The summed E-state index contributed by atoms with van der Waals surface area (Å²) in [6.07, 6.45) is 0. The number of aryl methyl sites for hydroxylation is 2. The van der Waals surface area contributed by atoms with Crippen molar-refractivity contribution >= 4 is 27.5 Å². The quantitative estimate of drug-likeness (QED) is 0.938. The lowest BCUT2D eigenvalue weighted by molar-refractivity contribution is 0.423. The van der Waals surface area contributed by atoms with Crippen LogP contribution in [-0.2, 0) is 13.6 Å².